The van der Waals surface area contributed by atoms with Crippen molar-refractivity contribution in [2.24, 2.45) is 0 Å². The van der Waals surface area contributed by atoms with Crippen molar-refractivity contribution in [1.29, 1.82) is 0 Å². The number of hydrogen-bond donors (Lipinski definition) is 2. The van der Waals surface area contributed by atoms with Gasteiger partial charge in [-0.05, 0) is 64.2 Å². The molecule has 0 aliphatic heterocycles. The zero-order chi connectivity index (χ0) is 12.5. The van der Waals surface area contributed by atoms with Gasteiger partial charge in [0.1, 0.15) is 10.4 Å². The maximum Gasteiger partial charge on any atom is 0.115 e. The molecule has 0 spiro atoms. The average molecular weight is 305 g/mol. The molecule has 1 aromatic heterocycles. The van der Waals surface area contributed by atoms with E-state index in [1.54, 1.807) is 6.07 Å². The Morgan fingerprint density at radius 2 is 2.17 bits per heavy atom. The van der Waals surface area contributed by atoms with Gasteiger partial charge in [-0.3, -0.25) is 0 Å². The minimum atomic E-state index is 0.309. The van der Waals surface area contributed by atoms with Gasteiger partial charge in [0.2, 0.25) is 0 Å². The van der Waals surface area contributed by atoms with Crippen LogP contribution >= 0.6 is 15.9 Å². The minimum Gasteiger partial charge on any atom is -0.508 e. The van der Waals surface area contributed by atoms with Crippen LogP contribution in [0.15, 0.2) is 41.1 Å². The first-order chi connectivity index (χ1) is 8.72. The smallest absolute Gasteiger partial charge is 0.115 e. The van der Waals surface area contributed by atoms with Gasteiger partial charge in [-0.2, -0.15) is 0 Å². The predicted molar refractivity (Wildman–Crippen MR) is 74.7 cm³/mol. The van der Waals surface area contributed by atoms with Crippen molar-refractivity contribution in [1.82, 2.24) is 4.98 Å². The van der Waals surface area contributed by atoms with Crippen LogP contribution in [0.25, 0.3) is 0 Å². The molecule has 1 unspecified atom stereocenters. The quantitative estimate of drug-likeness (QED) is 0.833. The molecule has 0 saturated heterocycles. The number of aromatic nitrogens is 1. The molecule has 0 radical (unpaired) electrons. The zero-order valence-electron chi connectivity index (χ0n) is 9.73. The van der Waals surface area contributed by atoms with Gasteiger partial charge in [0.05, 0.1) is 17.9 Å². The first-order valence-electron chi connectivity index (χ1n) is 5.92. The van der Waals surface area contributed by atoms with Gasteiger partial charge < -0.3 is 10.4 Å². The molecule has 18 heavy (non-hydrogen) atoms. The molecule has 92 valence electrons. The fraction of sp³-hybridized carbons (Fsp3) is 0.214. The van der Waals surface area contributed by atoms with Crippen molar-refractivity contribution >= 4 is 21.6 Å². The van der Waals surface area contributed by atoms with Crippen LogP contribution in [0.4, 0.5) is 5.69 Å². The highest BCUT2D eigenvalue weighted by Crippen LogP contribution is 2.35. The van der Waals surface area contributed by atoms with E-state index in [-0.39, 0.29) is 0 Å². The lowest BCUT2D eigenvalue weighted by Gasteiger charge is -2.15. The van der Waals surface area contributed by atoms with E-state index in [1.165, 1.54) is 11.1 Å². The van der Waals surface area contributed by atoms with E-state index in [0.29, 0.717) is 11.8 Å². The molecule has 2 N–H and O–H groups in total. The van der Waals surface area contributed by atoms with E-state index < -0.39 is 0 Å². The molecule has 4 heteroatoms. The molecule has 0 amide bonds. The summed E-state index contributed by atoms with van der Waals surface area (Å²) in [5, 5.41) is 12.9. The zero-order valence-corrected chi connectivity index (χ0v) is 11.3. The van der Waals surface area contributed by atoms with E-state index in [0.717, 1.165) is 23.1 Å². The normalized spacial score (nSPS) is 17.5. The highest BCUT2D eigenvalue weighted by Gasteiger charge is 2.22. The third-order valence-corrected chi connectivity index (χ3v) is 3.74. The Labute approximate surface area is 114 Å². The molecule has 0 saturated carbocycles. The van der Waals surface area contributed by atoms with Crippen molar-refractivity contribution in [3.8, 4) is 5.75 Å². The van der Waals surface area contributed by atoms with Crippen LogP contribution in [0.3, 0.4) is 0 Å². The van der Waals surface area contributed by atoms with Gasteiger partial charge in [-0.15, -0.1) is 0 Å². The molecule has 1 aromatic carbocycles. The summed E-state index contributed by atoms with van der Waals surface area (Å²) in [6.45, 7) is 0. The average Bonchev–Trinajstić information content (AvgIpc) is 2.74. The number of fused-ring (bicyclic) bond motifs is 1. The van der Waals surface area contributed by atoms with Crippen LogP contribution in [0.5, 0.6) is 5.75 Å². The summed E-state index contributed by atoms with van der Waals surface area (Å²) in [6.07, 6.45) is 3.88. The van der Waals surface area contributed by atoms with Gasteiger partial charge in [0, 0.05) is 0 Å². The Bertz CT molecular complexity index is 569. The lowest BCUT2D eigenvalue weighted by Crippen LogP contribution is -2.07. The lowest BCUT2D eigenvalue weighted by molar-refractivity contribution is 0.474. The molecular formula is C14H13BrN2O. The minimum absolute atomic E-state index is 0.309. The van der Waals surface area contributed by atoms with Crippen LogP contribution < -0.4 is 5.32 Å². The van der Waals surface area contributed by atoms with Crippen LogP contribution in [0.1, 0.15) is 23.6 Å². The summed E-state index contributed by atoms with van der Waals surface area (Å²) in [5.74, 6) is 0.347. The predicted octanol–water partition coefficient (Wildman–Crippen LogP) is 3.65. The standard InChI is InChI=1S/C14H13BrN2O/c15-14-6-2-10(8-16-14)17-13-5-1-9-7-11(18)3-4-12(9)13/h2-4,6-8,13,17-18H,1,5H2. The van der Waals surface area contributed by atoms with E-state index in [1.807, 2.05) is 30.5 Å². The number of halogens is 1. The second kappa shape index (κ2) is 4.61. The summed E-state index contributed by atoms with van der Waals surface area (Å²) in [4.78, 5) is 4.21. The summed E-state index contributed by atoms with van der Waals surface area (Å²) in [5.41, 5.74) is 3.53. The number of aromatic hydroxyl groups is 1. The molecule has 1 aliphatic rings. The maximum absolute atomic E-state index is 9.47. The van der Waals surface area contributed by atoms with Gasteiger partial charge in [0.15, 0.2) is 0 Å². The summed E-state index contributed by atoms with van der Waals surface area (Å²) >= 11 is 3.33. The number of anilines is 1. The number of nitrogens with zero attached hydrogens (tertiary/aromatic N) is 1. The Kier molecular flexibility index (Phi) is 2.96. The number of rotatable bonds is 2. The van der Waals surface area contributed by atoms with Crippen molar-refractivity contribution in [3.63, 3.8) is 0 Å². The molecule has 1 heterocycles. The van der Waals surface area contributed by atoms with Gasteiger partial charge >= 0.3 is 0 Å². The van der Waals surface area contributed by atoms with Gasteiger partial charge in [0.25, 0.3) is 0 Å². The summed E-state index contributed by atoms with van der Waals surface area (Å²) in [6, 6.07) is 9.85. The summed E-state index contributed by atoms with van der Waals surface area (Å²) in [7, 11) is 0. The number of pyridine rings is 1. The highest BCUT2D eigenvalue weighted by atomic mass is 79.9. The molecule has 1 atom stereocenters. The topological polar surface area (TPSA) is 45.1 Å². The number of nitrogens with one attached hydrogen (secondary N) is 1. The van der Waals surface area contributed by atoms with Crippen molar-refractivity contribution in [2.75, 3.05) is 5.32 Å². The third kappa shape index (κ3) is 2.20. The van der Waals surface area contributed by atoms with E-state index in [2.05, 4.69) is 26.2 Å². The number of benzene rings is 1. The van der Waals surface area contributed by atoms with E-state index in [4.69, 9.17) is 0 Å². The summed E-state index contributed by atoms with van der Waals surface area (Å²) < 4.78 is 0.838. The molecule has 0 bridgehead atoms. The van der Waals surface area contributed by atoms with Crippen LogP contribution in [0.2, 0.25) is 0 Å². The van der Waals surface area contributed by atoms with Gasteiger partial charge in [-0.1, -0.05) is 6.07 Å². The van der Waals surface area contributed by atoms with E-state index in [9.17, 15) is 5.11 Å². The molecule has 1 aliphatic carbocycles. The number of phenols is 1. The Balaban J connectivity index is 1.82. The largest absolute Gasteiger partial charge is 0.508 e. The number of aryl methyl sites for hydroxylation is 1. The Morgan fingerprint density at radius 1 is 1.28 bits per heavy atom. The Morgan fingerprint density at radius 3 is 2.94 bits per heavy atom. The molecule has 2 aromatic rings. The first kappa shape index (κ1) is 11.5. The Hall–Kier alpha value is -1.55. The van der Waals surface area contributed by atoms with E-state index >= 15 is 0 Å². The molecule has 0 fully saturated rings. The number of hydrogen-bond acceptors (Lipinski definition) is 3. The lowest BCUT2D eigenvalue weighted by atomic mass is 10.1. The first-order valence-corrected chi connectivity index (χ1v) is 6.71. The maximum atomic E-state index is 9.47. The van der Waals surface area contributed by atoms with Crippen LogP contribution in [-0.2, 0) is 6.42 Å². The van der Waals surface area contributed by atoms with Crippen molar-refractivity contribution in [2.45, 2.75) is 18.9 Å². The van der Waals surface area contributed by atoms with Crippen molar-refractivity contribution < 1.29 is 5.11 Å². The monoisotopic (exact) mass is 304 g/mol. The second-order valence-electron chi connectivity index (χ2n) is 4.49. The highest BCUT2D eigenvalue weighted by molar-refractivity contribution is 9.10. The second-order valence-corrected chi connectivity index (χ2v) is 5.30. The van der Waals surface area contributed by atoms with Crippen LogP contribution in [0, 0.1) is 0 Å². The molecule has 3 nitrogen and oxygen atoms in total. The molecule has 3 rings (SSSR count). The van der Waals surface area contributed by atoms with Gasteiger partial charge in [-0.25, -0.2) is 4.98 Å². The fourth-order valence-electron chi connectivity index (χ4n) is 2.42. The number of phenolic OH excluding ortho intramolecular Hbond substituents is 1. The fourth-order valence-corrected chi connectivity index (χ4v) is 2.65. The van der Waals surface area contributed by atoms with Crippen LogP contribution in [-0.4, -0.2) is 10.1 Å². The third-order valence-electron chi connectivity index (χ3n) is 3.27. The SMILES string of the molecule is Oc1ccc2c(c1)CCC2Nc1ccc(Br)nc1. The molecular weight excluding hydrogens is 292 g/mol. The van der Waals surface area contributed by atoms with Crippen molar-refractivity contribution in [3.05, 3.63) is 52.3 Å².